The first-order valence-corrected chi connectivity index (χ1v) is 5.51. The van der Waals surface area contributed by atoms with E-state index in [0.717, 1.165) is 17.9 Å². The predicted molar refractivity (Wildman–Crippen MR) is 62.2 cm³/mol. The van der Waals surface area contributed by atoms with Crippen molar-refractivity contribution >= 4 is 11.6 Å². The number of hydrogen-bond donors (Lipinski definition) is 1. The molecule has 1 atom stereocenters. The van der Waals surface area contributed by atoms with Gasteiger partial charge in [0.15, 0.2) is 0 Å². The number of nitrogens with zero attached hydrogens (tertiary/aromatic N) is 1. The zero-order chi connectivity index (χ0) is 11.4. The van der Waals surface area contributed by atoms with Crippen LogP contribution in [0.1, 0.15) is 19.3 Å². The van der Waals surface area contributed by atoms with Gasteiger partial charge in [0.25, 0.3) is 5.91 Å². The van der Waals surface area contributed by atoms with E-state index < -0.39 is 0 Å². The lowest BCUT2D eigenvalue weighted by atomic mass is 10.0. The lowest BCUT2D eigenvalue weighted by Gasteiger charge is -2.16. The first-order chi connectivity index (χ1) is 7.77. The van der Waals surface area contributed by atoms with Crippen LogP contribution in [-0.2, 0) is 4.79 Å². The monoisotopic (exact) mass is 217 g/mol. The van der Waals surface area contributed by atoms with Gasteiger partial charge in [0.2, 0.25) is 0 Å². The van der Waals surface area contributed by atoms with Crippen molar-refractivity contribution in [2.75, 3.05) is 5.06 Å². The van der Waals surface area contributed by atoms with Crippen LogP contribution in [-0.4, -0.2) is 11.1 Å². The third-order valence-corrected chi connectivity index (χ3v) is 2.79. The van der Waals surface area contributed by atoms with E-state index in [2.05, 4.69) is 12.2 Å². The molecule has 0 aromatic heterocycles. The first kappa shape index (κ1) is 10.9. The Balaban J connectivity index is 1.96. The SMILES string of the molecule is O=C(CC1C=CCC1)N(O)c1ccccc1. The van der Waals surface area contributed by atoms with Crippen LogP contribution in [0.2, 0.25) is 0 Å². The molecule has 0 fully saturated rings. The van der Waals surface area contributed by atoms with Crippen LogP contribution >= 0.6 is 0 Å². The Bertz CT molecular complexity index is 386. The van der Waals surface area contributed by atoms with Crippen molar-refractivity contribution < 1.29 is 10.0 Å². The highest BCUT2D eigenvalue weighted by molar-refractivity contribution is 5.91. The summed E-state index contributed by atoms with van der Waals surface area (Å²) in [6.07, 6.45) is 6.56. The minimum atomic E-state index is -0.247. The van der Waals surface area contributed by atoms with E-state index in [1.165, 1.54) is 0 Å². The van der Waals surface area contributed by atoms with E-state index >= 15 is 0 Å². The van der Waals surface area contributed by atoms with Crippen molar-refractivity contribution in [3.8, 4) is 0 Å². The van der Waals surface area contributed by atoms with Crippen molar-refractivity contribution in [2.24, 2.45) is 5.92 Å². The maximum atomic E-state index is 11.7. The van der Waals surface area contributed by atoms with Crippen LogP contribution in [0, 0.1) is 5.92 Å². The molecular formula is C13H15NO2. The Kier molecular flexibility index (Phi) is 3.37. The van der Waals surface area contributed by atoms with E-state index in [9.17, 15) is 10.0 Å². The molecule has 1 amide bonds. The third kappa shape index (κ3) is 2.49. The second kappa shape index (κ2) is 4.94. The smallest absolute Gasteiger partial charge is 0.251 e. The van der Waals surface area contributed by atoms with Gasteiger partial charge in [-0.1, -0.05) is 30.4 Å². The summed E-state index contributed by atoms with van der Waals surface area (Å²) in [5.41, 5.74) is 0.523. The van der Waals surface area contributed by atoms with Crippen molar-refractivity contribution in [3.63, 3.8) is 0 Å². The quantitative estimate of drug-likeness (QED) is 0.480. The second-order valence-corrected chi connectivity index (χ2v) is 4.01. The molecule has 1 N–H and O–H groups in total. The summed E-state index contributed by atoms with van der Waals surface area (Å²) in [7, 11) is 0. The molecule has 1 aromatic rings. The second-order valence-electron chi connectivity index (χ2n) is 4.01. The summed E-state index contributed by atoms with van der Waals surface area (Å²) in [6, 6.07) is 8.86. The summed E-state index contributed by atoms with van der Waals surface area (Å²) in [4.78, 5) is 11.7. The Morgan fingerprint density at radius 3 is 2.75 bits per heavy atom. The van der Waals surface area contributed by atoms with E-state index in [1.807, 2.05) is 6.07 Å². The van der Waals surface area contributed by atoms with Crippen molar-refractivity contribution in [1.29, 1.82) is 0 Å². The zero-order valence-corrected chi connectivity index (χ0v) is 9.04. The average Bonchev–Trinajstić information content (AvgIpc) is 2.82. The molecular weight excluding hydrogens is 202 g/mol. The van der Waals surface area contributed by atoms with Gasteiger partial charge in [0, 0.05) is 6.42 Å². The molecule has 84 valence electrons. The highest BCUT2D eigenvalue weighted by Gasteiger charge is 2.18. The van der Waals surface area contributed by atoms with Crippen LogP contribution in [0.3, 0.4) is 0 Å². The molecule has 1 unspecified atom stereocenters. The number of allylic oxidation sites excluding steroid dienone is 2. The fourth-order valence-electron chi connectivity index (χ4n) is 1.89. The standard InChI is InChI=1S/C13H15NO2/c15-13(10-11-6-4-5-7-11)14(16)12-8-2-1-3-9-12/h1-4,6,8-9,11,16H,5,7,10H2. The number of benzene rings is 1. The number of anilines is 1. The van der Waals surface area contributed by atoms with Gasteiger partial charge in [-0.2, -0.15) is 5.06 Å². The van der Waals surface area contributed by atoms with Gasteiger partial charge in [-0.25, -0.2) is 0 Å². The fourth-order valence-corrected chi connectivity index (χ4v) is 1.89. The van der Waals surface area contributed by atoms with Crippen LogP contribution in [0.5, 0.6) is 0 Å². The molecule has 0 saturated heterocycles. The summed E-state index contributed by atoms with van der Waals surface area (Å²) < 4.78 is 0. The van der Waals surface area contributed by atoms with Gasteiger partial charge in [-0.05, 0) is 30.9 Å². The molecule has 2 rings (SSSR count). The van der Waals surface area contributed by atoms with Crippen molar-refractivity contribution in [3.05, 3.63) is 42.5 Å². The third-order valence-electron chi connectivity index (χ3n) is 2.79. The molecule has 0 saturated carbocycles. The molecule has 1 aromatic carbocycles. The highest BCUT2D eigenvalue weighted by Crippen LogP contribution is 2.22. The topological polar surface area (TPSA) is 40.5 Å². The number of carbonyl (C=O) groups is 1. The molecule has 16 heavy (non-hydrogen) atoms. The number of para-hydroxylation sites is 1. The van der Waals surface area contributed by atoms with E-state index in [1.54, 1.807) is 24.3 Å². The molecule has 1 aliphatic carbocycles. The van der Waals surface area contributed by atoms with Crippen LogP contribution < -0.4 is 5.06 Å². The Morgan fingerprint density at radius 1 is 1.38 bits per heavy atom. The maximum absolute atomic E-state index is 11.7. The van der Waals surface area contributed by atoms with Crippen LogP contribution in [0.25, 0.3) is 0 Å². The number of carbonyl (C=O) groups excluding carboxylic acids is 1. The lowest BCUT2D eigenvalue weighted by Crippen LogP contribution is -2.28. The Hall–Kier alpha value is -1.61. The fraction of sp³-hybridized carbons (Fsp3) is 0.308. The summed E-state index contributed by atoms with van der Waals surface area (Å²) >= 11 is 0. The summed E-state index contributed by atoms with van der Waals surface area (Å²) in [5, 5.41) is 10.5. The molecule has 0 heterocycles. The van der Waals surface area contributed by atoms with E-state index in [4.69, 9.17) is 0 Å². The molecule has 1 aliphatic rings. The van der Waals surface area contributed by atoms with Gasteiger partial charge in [-0.15, -0.1) is 0 Å². The number of rotatable bonds is 3. The highest BCUT2D eigenvalue weighted by atomic mass is 16.5. The van der Waals surface area contributed by atoms with Gasteiger partial charge < -0.3 is 0 Å². The van der Waals surface area contributed by atoms with Gasteiger partial charge in [0.05, 0.1) is 5.69 Å². The molecule has 0 aliphatic heterocycles. The zero-order valence-electron chi connectivity index (χ0n) is 9.04. The minimum absolute atomic E-state index is 0.247. The van der Waals surface area contributed by atoms with Gasteiger partial charge >= 0.3 is 0 Å². The van der Waals surface area contributed by atoms with Crippen molar-refractivity contribution in [1.82, 2.24) is 0 Å². The van der Waals surface area contributed by atoms with Crippen LogP contribution in [0.15, 0.2) is 42.5 Å². The van der Waals surface area contributed by atoms with E-state index in [0.29, 0.717) is 12.1 Å². The first-order valence-electron chi connectivity index (χ1n) is 5.51. The molecule has 0 spiro atoms. The predicted octanol–water partition coefficient (Wildman–Crippen LogP) is 2.77. The van der Waals surface area contributed by atoms with Gasteiger partial charge in [0.1, 0.15) is 0 Å². The molecule has 3 nitrogen and oxygen atoms in total. The molecule has 3 heteroatoms. The van der Waals surface area contributed by atoms with Crippen LogP contribution in [0.4, 0.5) is 5.69 Å². The Morgan fingerprint density at radius 2 is 2.12 bits per heavy atom. The molecule has 0 bridgehead atoms. The Labute approximate surface area is 95.0 Å². The maximum Gasteiger partial charge on any atom is 0.251 e. The normalized spacial score (nSPS) is 18.7. The van der Waals surface area contributed by atoms with Gasteiger partial charge in [-0.3, -0.25) is 10.0 Å². The number of hydroxylamine groups is 1. The van der Waals surface area contributed by atoms with Crippen molar-refractivity contribution in [2.45, 2.75) is 19.3 Å². The number of amides is 1. The largest absolute Gasteiger partial charge is 0.281 e. The average molecular weight is 217 g/mol. The minimum Gasteiger partial charge on any atom is -0.281 e. The lowest BCUT2D eigenvalue weighted by molar-refractivity contribution is -0.124. The number of hydrogen-bond acceptors (Lipinski definition) is 2. The molecule has 0 radical (unpaired) electrons. The summed E-state index contributed by atoms with van der Waals surface area (Å²) in [6.45, 7) is 0. The summed E-state index contributed by atoms with van der Waals surface area (Å²) in [5.74, 6) is 0.0358. The van der Waals surface area contributed by atoms with E-state index in [-0.39, 0.29) is 11.8 Å².